The van der Waals surface area contributed by atoms with E-state index in [-0.39, 0.29) is 11.8 Å². The van der Waals surface area contributed by atoms with Crippen molar-refractivity contribution in [1.29, 1.82) is 0 Å². The number of carbonyl (C=O) groups is 1. The van der Waals surface area contributed by atoms with Gasteiger partial charge in [-0.25, -0.2) is 0 Å². The lowest BCUT2D eigenvalue weighted by Gasteiger charge is -2.47. The highest BCUT2D eigenvalue weighted by atomic mass is 35.5. The third-order valence-electron chi connectivity index (χ3n) is 5.93. The van der Waals surface area contributed by atoms with E-state index in [1.807, 2.05) is 49.3 Å². The maximum atomic E-state index is 12.9. The van der Waals surface area contributed by atoms with Crippen molar-refractivity contribution in [2.24, 2.45) is 5.92 Å². The Balaban J connectivity index is 1.77. The largest absolute Gasteiger partial charge is 0.497 e. The molecule has 0 radical (unpaired) electrons. The number of ether oxygens (including phenoxy) is 1. The summed E-state index contributed by atoms with van der Waals surface area (Å²) in [5.74, 6) is 0.827. The Morgan fingerprint density at radius 2 is 2.21 bits per heavy atom. The summed E-state index contributed by atoms with van der Waals surface area (Å²) in [6, 6.07) is 7.44. The smallest absolute Gasteiger partial charge is 0.227 e. The molecule has 3 rings (SSSR count). The van der Waals surface area contributed by atoms with E-state index in [2.05, 4.69) is 11.0 Å². The topological polar surface area (TPSA) is 53.0 Å². The number of allylic oxidation sites excluding steroid dienone is 2. The van der Waals surface area contributed by atoms with Crippen LogP contribution in [-0.4, -0.2) is 67.3 Å². The van der Waals surface area contributed by atoms with Crippen molar-refractivity contribution < 1.29 is 14.6 Å². The molecule has 0 saturated carbocycles. The van der Waals surface area contributed by atoms with Gasteiger partial charge in [-0.1, -0.05) is 23.7 Å². The number of aliphatic hydroxyl groups is 1. The molecule has 0 spiro atoms. The van der Waals surface area contributed by atoms with Crippen molar-refractivity contribution in [2.45, 2.75) is 31.3 Å². The van der Waals surface area contributed by atoms with Gasteiger partial charge in [0.15, 0.2) is 0 Å². The quantitative estimate of drug-likeness (QED) is 0.770. The first-order chi connectivity index (χ1) is 13.8. The molecule has 5 nitrogen and oxygen atoms in total. The molecule has 1 heterocycles. The minimum absolute atomic E-state index is 0.0583. The van der Waals surface area contributed by atoms with Crippen LogP contribution in [0.4, 0.5) is 0 Å². The molecule has 1 N–H and O–H groups in total. The molecule has 2 aliphatic rings. The van der Waals surface area contributed by atoms with Gasteiger partial charge in [-0.2, -0.15) is 0 Å². The van der Waals surface area contributed by atoms with E-state index < -0.39 is 5.60 Å². The van der Waals surface area contributed by atoms with Crippen LogP contribution < -0.4 is 0 Å². The number of hydrogen-bond donors (Lipinski definition) is 1. The van der Waals surface area contributed by atoms with Crippen LogP contribution in [0.2, 0.25) is 5.02 Å². The van der Waals surface area contributed by atoms with Gasteiger partial charge in [0.2, 0.25) is 5.91 Å². The van der Waals surface area contributed by atoms with Gasteiger partial charge in [0.05, 0.1) is 19.1 Å². The second kappa shape index (κ2) is 9.33. The molecular weight excluding hydrogens is 388 g/mol. The second-order valence-electron chi connectivity index (χ2n) is 8.30. The van der Waals surface area contributed by atoms with Gasteiger partial charge < -0.3 is 19.6 Å². The number of amides is 1. The fourth-order valence-corrected chi connectivity index (χ4v) is 4.62. The first kappa shape index (κ1) is 21.9. The Kier molecular flexibility index (Phi) is 7.04. The van der Waals surface area contributed by atoms with E-state index >= 15 is 0 Å². The van der Waals surface area contributed by atoms with Crippen molar-refractivity contribution in [1.82, 2.24) is 9.80 Å². The summed E-state index contributed by atoms with van der Waals surface area (Å²) < 4.78 is 5.40. The number of likely N-dealkylation sites (tertiary alicyclic amines) is 1. The predicted molar refractivity (Wildman–Crippen MR) is 116 cm³/mol. The summed E-state index contributed by atoms with van der Waals surface area (Å²) in [6.45, 7) is 1.79. The Labute approximate surface area is 178 Å². The fourth-order valence-electron chi connectivity index (χ4n) is 4.41. The minimum atomic E-state index is -0.921. The molecule has 1 saturated heterocycles. The minimum Gasteiger partial charge on any atom is -0.497 e. The van der Waals surface area contributed by atoms with Crippen LogP contribution in [0.25, 0.3) is 0 Å². The highest BCUT2D eigenvalue weighted by Gasteiger charge is 2.45. The fraction of sp³-hybridized carbons (Fsp3) is 0.522. The van der Waals surface area contributed by atoms with Crippen molar-refractivity contribution >= 4 is 17.5 Å². The molecule has 1 aliphatic carbocycles. The van der Waals surface area contributed by atoms with Gasteiger partial charge >= 0.3 is 0 Å². The molecule has 0 bridgehead atoms. The van der Waals surface area contributed by atoms with Crippen LogP contribution in [0, 0.1) is 5.92 Å². The molecule has 1 fully saturated rings. The lowest BCUT2D eigenvalue weighted by Crippen LogP contribution is -2.57. The number of hydrogen-bond acceptors (Lipinski definition) is 4. The normalized spacial score (nSPS) is 24.9. The maximum absolute atomic E-state index is 12.9. The molecule has 1 aromatic rings. The zero-order valence-corrected chi connectivity index (χ0v) is 18.3. The van der Waals surface area contributed by atoms with Crippen molar-refractivity contribution in [3.05, 3.63) is 58.3 Å². The predicted octanol–water partition coefficient (Wildman–Crippen LogP) is 3.27. The number of methoxy groups -OCH3 is 1. The zero-order chi connectivity index (χ0) is 21.0. The molecule has 6 heteroatoms. The standard InChI is InChI=1S/C23H31ClN2O3/c1-25(2)15-19-16-26(22(27)13-17-6-4-8-20(24)12-17)11-10-23(19,28)18-7-5-9-21(14-18)29-3/h4,6,8-9,12,14,19,28H,5,7,10-11,13,15-16H2,1-3H3. The van der Waals surface area contributed by atoms with Crippen LogP contribution in [0.1, 0.15) is 24.8 Å². The van der Waals surface area contributed by atoms with E-state index in [0.29, 0.717) is 37.5 Å². The van der Waals surface area contributed by atoms with Gasteiger partial charge in [0.1, 0.15) is 5.76 Å². The number of piperidine rings is 1. The molecule has 29 heavy (non-hydrogen) atoms. The second-order valence-corrected chi connectivity index (χ2v) is 8.74. The van der Waals surface area contributed by atoms with E-state index in [0.717, 1.165) is 29.7 Å². The van der Waals surface area contributed by atoms with Gasteiger partial charge in [-0.05, 0) is 68.8 Å². The summed E-state index contributed by atoms with van der Waals surface area (Å²) in [6.07, 6.45) is 6.59. The summed E-state index contributed by atoms with van der Waals surface area (Å²) in [7, 11) is 5.66. The van der Waals surface area contributed by atoms with Crippen molar-refractivity contribution in [2.75, 3.05) is 40.8 Å². The number of benzene rings is 1. The summed E-state index contributed by atoms with van der Waals surface area (Å²) >= 11 is 6.06. The molecular formula is C23H31ClN2O3. The summed E-state index contributed by atoms with van der Waals surface area (Å²) in [5, 5.41) is 12.3. The van der Waals surface area contributed by atoms with Gasteiger partial charge in [0, 0.05) is 30.6 Å². The van der Waals surface area contributed by atoms with E-state index in [4.69, 9.17) is 16.3 Å². The SMILES string of the molecule is COC1=CCCC(C2(O)CCN(C(=O)Cc3cccc(Cl)c3)CC2CN(C)C)=C1. The van der Waals surface area contributed by atoms with Crippen molar-refractivity contribution in [3.8, 4) is 0 Å². The third-order valence-corrected chi connectivity index (χ3v) is 6.16. The molecule has 2 unspecified atom stereocenters. The maximum Gasteiger partial charge on any atom is 0.227 e. The summed E-state index contributed by atoms with van der Waals surface area (Å²) in [4.78, 5) is 16.9. The average molecular weight is 419 g/mol. The Morgan fingerprint density at radius 1 is 1.41 bits per heavy atom. The number of rotatable bonds is 6. The zero-order valence-electron chi connectivity index (χ0n) is 17.5. The molecule has 1 amide bonds. The van der Waals surface area contributed by atoms with Gasteiger partial charge in [0.25, 0.3) is 0 Å². The van der Waals surface area contributed by atoms with Crippen LogP contribution in [0.3, 0.4) is 0 Å². The van der Waals surface area contributed by atoms with Gasteiger partial charge in [-0.3, -0.25) is 4.79 Å². The first-order valence-corrected chi connectivity index (χ1v) is 10.5. The van der Waals surface area contributed by atoms with Gasteiger partial charge in [-0.15, -0.1) is 0 Å². The first-order valence-electron chi connectivity index (χ1n) is 10.2. The summed E-state index contributed by atoms with van der Waals surface area (Å²) in [5.41, 5.74) is 1.01. The molecule has 1 aromatic carbocycles. The highest BCUT2D eigenvalue weighted by molar-refractivity contribution is 6.30. The number of halogens is 1. The average Bonchev–Trinajstić information content (AvgIpc) is 2.69. The Bertz CT molecular complexity index is 805. The molecule has 0 aromatic heterocycles. The lowest BCUT2D eigenvalue weighted by atomic mass is 9.72. The van der Waals surface area contributed by atoms with Crippen LogP contribution >= 0.6 is 11.6 Å². The lowest BCUT2D eigenvalue weighted by molar-refractivity contribution is -0.137. The molecule has 1 aliphatic heterocycles. The highest BCUT2D eigenvalue weighted by Crippen LogP contribution is 2.39. The number of carbonyl (C=O) groups excluding carboxylic acids is 1. The van der Waals surface area contributed by atoms with E-state index in [9.17, 15) is 9.90 Å². The molecule has 158 valence electrons. The Hall–Kier alpha value is -1.82. The third kappa shape index (κ3) is 5.21. The van der Waals surface area contributed by atoms with E-state index in [1.165, 1.54) is 0 Å². The monoisotopic (exact) mass is 418 g/mol. The molecule has 2 atom stereocenters. The Morgan fingerprint density at radius 3 is 2.90 bits per heavy atom. The van der Waals surface area contributed by atoms with Crippen LogP contribution in [-0.2, 0) is 16.0 Å². The number of nitrogens with zero attached hydrogens (tertiary/aromatic N) is 2. The van der Waals surface area contributed by atoms with Crippen LogP contribution in [0.5, 0.6) is 0 Å². The van der Waals surface area contributed by atoms with E-state index in [1.54, 1.807) is 7.11 Å². The van der Waals surface area contributed by atoms with Crippen molar-refractivity contribution in [3.63, 3.8) is 0 Å². The van der Waals surface area contributed by atoms with Crippen LogP contribution in [0.15, 0.2) is 47.7 Å².